The second-order valence-corrected chi connectivity index (χ2v) is 4.93. The molecule has 104 valence electrons. The first-order valence-corrected chi connectivity index (χ1v) is 6.45. The molecule has 1 aliphatic rings. The van der Waals surface area contributed by atoms with Gasteiger partial charge < -0.3 is 4.74 Å². The largest absolute Gasteiger partial charge is 0.497 e. The van der Waals surface area contributed by atoms with Crippen molar-refractivity contribution >= 4 is 17.4 Å². The Kier molecular flexibility index (Phi) is 3.80. The van der Waals surface area contributed by atoms with E-state index in [1.165, 1.54) is 11.8 Å². The zero-order chi connectivity index (χ0) is 14.8. The molecule has 2 rings (SSSR count). The number of terminal acetylenes is 1. The van der Waals surface area contributed by atoms with Gasteiger partial charge in [0.2, 0.25) is 5.91 Å². The highest BCUT2D eigenvalue weighted by Gasteiger charge is 2.55. The highest BCUT2D eigenvalue weighted by Crippen LogP contribution is 2.48. The Balaban J connectivity index is 2.29. The summed E-state index contributed by atoms with van der Waals surface area (Å²) in [5.41, 5.74) is -0.169. The van der Waals surface area contributed by atoms with Crippen LogP contribution in [-0.4, -0.2) is 25.3 Å². The van der Waals surface area contributed by atoms with Gasteiger partial charge in [0.05, 0.1) is 13.7 Å². The molecule has 1 aliphatic carbocycles. The number of ketones is 1. The molecule has 0 aromatic heterocycles. The Labute approximate surface area is 118 Å². The zero-order valence-corrected chi connectivity index (χ0v) is 11.7. The monoisotopic (exact) mass is 271 g/mol. The van der Waals surface area contributed by atoms with Gasteiger partial charge in [-0.25, -0.2) is 0 Å². The SMILES string of the molecule is C#CCN(C(=O)C1(C(C)=O)CC1)c1ccc(OC)cc1. The minimum absolute atomic E-state index is 0.0852. The molecule has 20 heavy (non-hydrogen) atoms. The van der Waals surface area contributed by atoms with Crippen LogP contribution >= 0.6 is 0 Å². The number of methoxy groups -OCH3 is 1. The quantitative estimate of drug-likeness (QED) is 0.608. The van der Waals surface area contributed by atoms with Crippen LogP contribution in [0.2, 0.25) is 0 Å². The molecule has 0 N–H and O–H groups in total. The van der Waals surface area contributed by atoms with E-state index < -0.39 is 5.41 Å². The van der Waals surface area contributed by atoms with E-state index in [-0.39, 0.29) is 18.2 Å². The van der Waals surface area contributed by atoms with Crippen LogP contribution in [0, 0.1) is 17.8 Å². The second kappa shape index (κ2) is 5.38. The lowest BCUT2D eigenvalue weighted by Gasteiger charge is -2.24. The Morgan fingerprint density at radius 1 is 1.35 bits per heavy atom. The first-order valence-electron chi connectivity index (χ1n) is 6.45. The van der Waals surface area contributed by atoms with Crippen LogP contribution in [0.3, 0.4) is 0 Å². The van der Waals surface area contributed by atoms with Gasteiger partial charge in [0.1, 0.15) is 16.9 Å². The molecule has 1 fully saturated rings. The van der Waals surface area contributed by atoms with Gasteiger partial charge in [-0.3, -0.25) is 14.5 Å². The molecule has 0 aliphatic heterocycles. The predicted octanol–water partition coefficient (Wildman–Crippen LogP) is 2.03. The number of Topliss-reactive ketones (excluding diaryl/α,β-unsaturated/α-hetero) is 1. The van der Waals surface area contributed by atoms with Crippen LogP contribution in [0.25, 0.3) is 0 Å². The number of anilines is 1. The van der Waals surface area contributed by atoms with Gasteiger partial charge in [0.25, 0.3) is 0 Å². The predicted molar refractivity (Wildman–Crippen MR) is 76.5 cm³/mol. The van der Waals surface area contributed by atoms with Gasteiger partial charge in [-0.2, -0.15) is 0 Å². The average molecular weight is 271 g/mol. The summed E-state index contributed by atoms with van der Waals surface area (Å²) in [4.78, 5) is 25.8. The summed E-state index contributed by atoms with van der Waals surface area (Å²) in [6.07, 6.45) is 6.57. The molecule has 1 aromatic carbocycles. The number of benzene rings is 1. The molecule has 0 unspecified atom stereocenters. The van der Waals surface area contributed by atoms with Crippen molar-refractivity contribution in [1.29, 1.82) is 0 Å². The molecule has 0 spiro atoms. The molecule has 1 saturated carbocycles. The van der Waals surface area contributed by atoms with Crippen molar-refractivity contribution in [3.05, 3.63) is 24.3 Å². The van der Waals surface area contributed by atoms with E-state index in [1.807, 2.05) is 0 Å². The van der Waals surface area contributed by atoms with Crippen LogP contribution in [-0.2, 0) is 9.59 Å². The molecule has 0 atom stereocenters. The third kappa shape index (κ3) is 2.39. The number of hydrogen-bond acceptors (Lipinski definition) is 3. The van der Waals surface area contributed by atoms with Crippen molar-refractivity contribution in [2.75, 3.05) is 18.6 Å². The van der Waals surface area contributed by atoms with Gasteiger partial charge in [-0.1, -0.05) is 5.92 Å². The van der Waals surface area contributed by atoms with Crippen LogP contribution < -0.4 is 9.64 Å². The van der Waals surface area contributed by atoms with Gasteiger partial charge >= 0.3 is 0 Å². The van der Waals surface area contributed by atoms with E-state index in [9.17, 15) is 9.59 Å². The molecule has 0 bridgehead atoms. The Morgan fingerprint density at radius 3 is 2.35 bits per heavy atom. The number of ether oxygens (including phenoxy) is 1. The normalized spacial score (nSPS) is 15.1. The van der Waals surface area contributed by atoms with Crippen LogP contribution in [0.15, 0.2) is 24.3 Å². The number of rotatable bonds is 5. The minimum atomic E-state index is -0.850. The van der Waals surface area contributed by atoms with Crippen molar-refractivity contribution in [3.8, 4) is 18.1 Å². The maximum absolute atomic E-state index is 12.6. The van der Waals surface area contributed by atoms with Gasteiger partial charge in [0.15, 0.2) is 0 Å². The fourth-order valence-corrected chi connectivity index (χ4v) is 2.23. The summed E-state index contributed by atoms with van der Waals surface area (Å²) in [6.45, 7) is 1.62. The van der Waals surface area contributed by atoms with E-state index in [0.29, 0.717) is 24.3 Å². The lowest BCUT2D eigenvalue weighted by Crippen LogP contribution is -2.40. The molecular formula is C16H17NO3. The Morgan fingerprint density at radius 2 is 1.95 bits per heavy atom. The molecule has 0 radical (unpaired) electrons. The maximum atomic E-state index is 12.6. The van der Waals surface area contributed by atoms with Crippen molar-refractivity contribution < 1.29 is 14.3 Å². The van der Waals surface area contributed by atoms with Crippen molar-refractivity contribution in [1.82, 2.24) is 0 Å². The number of carbonyl (C=O) groups is 2. The fourth-order valence-electron chi connectivity index (χ4n) is 2.23. The Bertz CT molecular complexity index is 564. The second-order valence-electron chi connectivity index (χ2n) is 4.93. The molecule has 4 nitrogen and oxygen atoms in total. The van der Waals surface area contributed by atoms with E-state index in [4.69, 9.17) is 11.2 Å². The summed E-state index contributed by atoms with van der Waals surface area (Å²) < 4.78 is 5.09. The lowest BCUT2D eigenvalue weighted by molar-refractivity contribution is -0.133. The highest BCUT2D eigenvalue weighted by molar-refractivity contribution is 6.14. The lowest BCUT2D eigenvalue weighted by atomic mass is 10.00. The van der Waals surface area contributed by atoms with Crippen molar-refractivity contribution in [2.24, 2.45) is 5.41 Å². The van der Waals surface area contributed by atoms with Gasteiger partial charge in [0, 0.05) is 5.69 Å². The maximum Gasteiger partial charge on any atom is 0.241 e. The topological polar surface area (TPSA) is 46.6 Å². The highest BCUT2D eigenvalue weighted by atomic mass is 16.5. The first-order chi connectivity index (χ1) is 9.55. The van der Waals surface area contributed by atoms with E-state index in [2.05, 4.69) is 5.92 Å². The smallest absolute Gasteiger partial charge is 0.241 e. The zero-order valence-electron chi connectivity index (χ0n) is 11.7. The number of carbonyl (C=O) groups excluding carboxylic acids is 2. The van der Waals surface area contributed by atoms with E-state index in [1.54, 1.807) is 31.4 Å². The standard InChI is InChI=1S/C16H17NO3/c1-4-11-17(13-5-7-14(20-3)8-6-13)15(19)16(9-10-16)12(2)18/h1,5-8H,9-11H2,2-3H3. The molecule has 0 saturated heterocycles. The van der Waals surface area contributed by atoms with Crippen molar-refractivity contribution in [2.45, 2.75) is 19.8 Å². The molecule has 1 aromatic rings. The van der Waals surface area contributed by atoms with Gasteiger partial charge in [-0.15, -0.1) is 6.42 Å². The molecule has 0 heterocycles. The first kappa shape index (κ1) is 14.1. The van der Waals surface area contributed by atoms with E-state index >= 15 is 0 Å². The third-order valence-electron chi connectivity index (χ3n) is 3.71. The summed E-state index contributed by atoms with van der Waals surface area (Å²) in [5.74, 6) is 2.89. The molecule has 1 amide bonds. The van der Waals surface area contributed by atoms with Crippen LogP contribution in [0.4, 0.5) is 5.69 Å². The summed E-state index contributed by atoms with van der Waals surface area (Å²) in [5, 5.41) is 0. The Hall–Kier alpha value is -2.28. The third-order valence-corrected chi connectivity index (χ3v) is 3.71. The van der Waals surface area contributed by atoms with Crippen LogP contribution in [0.5, 0.6) is 5.75 Å². The summed E-state index contributed by atoms with van der Waals surface area (Å²) >= 11 is 0. The minimum Gasteiger partial charge on any atom is -0.497 e. The molecular weight excluding hydrogens is 254 g/mol. The number of nitrogens with zero attached hydrogens (tertiary/aromatic N) is 1. The van der Waals surface area contributed by atoms with E-state index in [0.717, 1.165) is 0 Å². The summed E-state index contributed by atoms with van der Waals surface area (Å²) in [7, 11) is 1.58. The fraction of sp³-hybridized carbons (Fsp3) is 0.375. The summed E-state index contributed by atoms with van der Waals surface area (Å²) in [6, 6.07) is 7.06. The van der Waals surface area contributed by atoms with Gasteiger partial charge in [-0.05, 0) is 44.0 Å². The number of hydrogen-bond donors (Lipinski definition) is 0. The molecule has 4 heteroatoms. The van der Waals surface area contributed by atoms with Crippen molar-refractivity contribution in [3.63, 3.8) is 0 Å². The number of amides is 1. The van der Waals surface area contributed by atoms with Crippen LogP contribution in [0.1, 0.15) is 19.8 Å². The average Bonchev–Trinajstić information content (AvgIpc) is 3.26.